The summed E-state index contributed by atoms with van der Waals surface area (Å²) >= 11 is 1.65. The minimum atomic E-state index is 0.126. The first-order chi connectivity index (χ1) is 10.0. The van der Waals surface area contributed by atoms with Crippen LogP contribution in [-0.2, 0) is 0 Å². The first-order valence-corrected chi connectivity index (χ1v) is 7.68. The number of pyridine rings is 1. The van der Waals surface area contributed by atoms with Gasteiger partial charge in [-0.1, -0.05) is 20.8 Å². The van der Waals surface area contributed by atoms with Crippen molar-refractivity contribution in [2.75, 3.05) is 17.2 Å². The first-order valence-electron chi connectivity index (χ1n) is 6.69. The number of aromatic nitrogens is 3. The Kier molecular flexibility index (Phi) is 4.85. The summed E-state index contributed by atoms with van der Waals surface area (Å²) in [5.41, 5.74) is 12.3. The lowest BCUT2D eigenvalue weighted by Gasteiger charge is -2.15. The molecule has 0 amide bonds. The number of thioether (sulfide) groups is 1. The number of hydrogen-bond donors (Lipinski definition) is 2. The van der Waals surface area contributed by atoms with Gasteiger partial charge in [0, 0.05) is 17.8 Å². The third kappa shape index (κ3) is 3.75. The van der Waals surface area contributed by atoms with Crippen LogP contribution < -0.4 is 16.2 Å². The van der Waals surface area contributed by atoms with Crippen LogP contribution in [0, 0.1) is 0 Å². The van der Waals surface area contributed by atoms with Gasteiger partial charge < -0.3 is 16.2 Å². The molecule has 0 aliphatic rings. The Morgan fingerprint density at radius 2 is 1.95 bits per heavy atom. The van der Waals surface area contributed by atoms with E-state index in [1.807, 2.05) is 12.3 Å². The molecule has 0 saturated carbocycles. The van der Waals surface area contributed by atoms with Gasteiger partial charge >= 0.3 is 0 Å². The van der Waals surface area contributed by atoms with Gasteiger partial charge in [-0.15, -0.1) is 11.8 Å². The minimum absolute atomic E-state index is 0.126. The van der Waals surface area contributed by atoms with Crippen molar-refractivity contribution in [3.05, 3.63) is 24.0 Å². The van der Waals surface area contributed by atoms with Crippen molar-refractivity contribution in [2.24, 2.45) is 0 Å². The van der Waals surface area contributed by atoms with E-state index in [4.69, 9.17) is 16.2 Å². The molecule has 0 spiro atoms. The third-order valence-electron chi connectivity index (χ3n) is 2.81. The highest BCUT2D eigenvalue weighted by Crippen LogP contribution is 2.34. The maximum Gasteiger partial charge on any atom is 0.222 e. The van der Waals surface area contributed by atoms with Crippen molar-refractivity contribution < 1.29 is 4.74 Å². The Morgan fingerprint density at radius 3 is 2.57 bits per heavy atom. The van der Waals surface area contributed by atoms with E-state index in [1.165, 1.54) is 6.20 Å². The summed E-state index contributed by atoms with van der Waals surface area (Å²) in [5.74, 6) is 2.69. The second-order valence-electron chi connectivity index (χ2n) is 4.73. The van der Waals surface area contributed by atoms with Crippen molar-refractivity contribution in [1.82, 2.24) is 15.0 Å². The average Bonchev–Trinajstić information content (AvgIpc) is 2.42. The van der Waals surface area contributed by atoms with Gasteiger partial charge in [-0.2, -0.15) is 4.98 Å². The third-order valence-corrected chi connectivity index (χ3v) is 3.61. The zero-order valence-electron chi connectivity index (χ0n) is 12.3. The Hall–Kier alpha value is -2.02. The summed E-state index contributed by atoms with van der Waals surface area (Å²) in [4.78, 5) is 12.2. The zero-order chi connectivity index (χ0) is 15.4. The molecule has 21 heavy (non-hydrogen) atoms. The van der Waals surface area contributed by atoms with Gasteiger partial charge in [0.15, 0.2) is 11.6 Å². The molecule has 112 valence electrons. The molecule has 0 atom stereocenters. The van der Waals surface area contributed by atoms with Crippen LogP contribution in [0.15, 0.2) is 23.5 Å². The van der Waals surface area contributed by atoms with Gasteiger partial charge in [0.1, 0.15) is 5.75 Å². The van der Waals surface area contributed by atoms with Crippen LogP contribution in [0.25, 0.3) is 0 Å². The highest BCUT2D eigenvalue weighted by molar-refractivity contribution is 7.99. The SMILES string of the molecule is CCSc1cc(Oc2cnc(N)nc2N)c(C(C)C)cn1. The average molecular weight is 305 g/mol. The van der Waals surface area contributed by atoms with Gasteiger partial charge in [-0.25, -0.2) is 9.97 Å². The van der Waals surface area contributed by atoms with Crippen molar-refractivity contribution in [3.63, 3.8) is 0 Å². The largest absolute Gasteiger partial charge is 0.451 e. The number of nitrogen functional groups attached to an aromatic ring is 2. The predicted octanol–water partition coefficient (Wildman–Crippen LogP) is 3.06. The lowest BCUT2D eigenvalue weighted by atomic mass is 10.1. The highest BCUT2D eigenvalue weighted by Gasteiger charge is 2.13. The Morgan fingerprint density at radius 1 is 1.19 bits per heavy atom. The fraction of sp³-hybridized carbons (Fsp3) is 0.357. The first kappa shape index (κ1) is 15.4. The van der Waals surface area contributed by atoms with Crippen LogP contribution in [0.3, 0.4) is 0 Å². The Bertz CT molecular complexity index is 633. The van der Waals surface area contributed by atoms with Gasteiger partial charge in [0.25, 0.3) is 0 Å². The van der Waals surface area contributed by atoms with Gasteiger partial charge in [-0.3, -0.25) is 0 Å². The van der Waals surface area contributed by atoms with Crippen molar-refractivity contribution in [2.45, 2.75) is 31.7 Å². The van der Waals surface area contributed by atoms with Crippen molar-refractivity contribution in [3.8, 4) is 11.5 Å². The second kappa shape index (κ2) is 6.62. The zero-order valence-corrected chi connectivity index (χ0v) is 13.1. The maximum absolute atomic E-state index is 5.88. The van der Waals surface area contributed by atoms with Crippen LogP contribution in [-0.4, -0.2) is 20.7 Å². The van der Waals surface area contributed by atoms with E-state index in [-0.39, 0.29) is 17.7 Å². The van der Waals surface area contributed by atoms with Crippen LogP contribution in [0.5, 0.6) is 11.5 Å². The van der Waals surface area contributed by atoms with E-state index in [0.29, 0.717) is 5.75 Å². The van der Waals surface area contributed by atoms with E-state index in [9.17, 15) is 0 Å². The lowest BCUT2D eigenvalue weighted by Crippen LogP contribution is -2.03. The van der Waals surface area contributed by atoms with E-state index in [0.717, 1.165) is 22.1 Å². The molecule has 0 unspecified atom stereocenters. The number of anilines is 2. The minimum Gasteiger partial charge on any atom is -0.451 e. The fourth-order valence-electron chi connectivity index (χ4n) is 1.77. The molecule has 0 bridgehead atoms. The fourth-order valence-corrected chi connectivity index (χ4v) is 2.39. The second-order valence-corrected chi connectivity index (χ2v) is 6.01. The molecular formula is C14H19N5OS. The Balaban J connectivity index is 2.38. The standard InChI is InChI=1S/C14H19N5OS/c1-4-21-12-5-10(9(6-17-12)8(2)3)20-11-7-18-14(16)19-13(11)15/h5-8H,4H2,1-3H3,(H4,15,16,18,19). The van der Waals surface area contributed by atoms with E-state index in [1.54, 1.807) is 11.8 Å². The number of hydrogen-bond acceptors (Lipinski definition) is 7. The monoisotopic (exact) mass is 305 g/mol. The smallest absolute Gasteiger partial charge is 0.222 e. The van der Waals surface area contributed by atoms with Gasteiger partial charge in [0.05, 0.1) is 11.2 Å². The predicted molar refractivity (Wildman–Crippen MR) is 85.7 cm³/mol. The van der Waals surface area contributed by atoms with Crippen molar-refractivity contribution in [1.29, 1.82) is 0 Å². The molecule has 2 aromatic heterocycles. The summed E-state index contributed by atoms with van der Waals surface area (Å²) in [6.45, 7) is 6.24. The van der Waals surface area contributed by atoms with Crippen LogP contribution in [0.1, 0.15) is 32.3 Å². The molecule has 0 aliphatic carbocycles. The number of ether oxygens (including phenoxy) is 1. The summed E-state index contributed by atoms with van der Waals surface area (Å²) in [5, 5.41) is 0.909. The summed E-state index contributed by atoms with van der Waals surface area (Å²) in [6.07, 6.45) is 3.32. The van der Waals surface area contributed by atoms with Crippen LogP contribution in [0.4, 0.5) is 11.8 Å². The molecule has 0 fully saturated rings. The molecule has 0 saturated heterocycles. The summed E-state index contributed by atoms with van der Waals surface area (Å²) < 4.78 is 5.88. The maximum atomic E-state index is 5.88. The molecule has 4 N–H and O–H groups in total. The molecule has 6 nitrogen and oxygen atoms in total. The molecular weight excluding hydrogens is 286 g/mol. The molecule has 0 aliphatic heterocycles. The van der Waals surface area contributed by atoms with Gasteiger partial charge in [-0.05, 0) is 11.7 Å². The van der Waals surface area contributed by atoms with Crippen molar-refractivity contribution >= 4 is 23.5 Å². The summed E-state index contributed by atoms with van der Waals surface area (Å²) in [7, 11) is 0. The van der Waals surface area contributed by atoms with Gasteiger partial charge in [0.2, 0.25) is 5.95 Å². The van der Waals surface area contributed by atoms with E-state index < -0.39 is 0 Å². The topological polar surface area (TPSA) is 99.9 Å². The quantitative estimate of drug-likeness (QED) is 0.819. The number of nitrogens with two attached hydrogens (primary N) is 2. The molecule has 7 heteroatoms. The molecule has 2 rings (SSSR count). The normalized spacial score (nSPS) is 10.9. The summed E-state index contributed by atoms with van der Waals surface area (Å²) in [6, 6.07) is 1.92. The number of rotatable bonds is 5. The number of nitrogens with zero attached hydrogens (tertiary/aromatic N) is 3. The van der Waals surface area contributed by atoms with E-state index in [2.05, 4.69) is 35.7 Å². The lowest BCUT2D eigenvalue weighted by molar-refractivity contribution is 0.468. The van der Waals surface area contributed by atoms with E-state index >= 15 is 0 Å². The molecule has 2 aromatic rings. The van der Waals surface area contributed by atoms with Crippen LogP contribution in [0.2, 0.25) is 0 Å². The molecule has 0 aromatic carbocycles. The molecule has 2 heterocycles. The Labute approximate surface area is 128 Å². The van der Waals surface area contributed by atoms with Crippen LogP contribution >= 0.6 is 11.8 Å². The molecule has 0 radical (unpaired) electrons. The highest BCUT2D eigenvalue weighted by atomic mass is 32.2.